The molecule has 570 valence electrons. The van der Waals surface area contributed by atoms with Crippen LogP contribution in [0.1, 0.15) is 121 Å². The zero-order valence-corrected chi connectivity index (χ0v) is 69.9. The van der Waals surface area contributed by atoms with Crippen molar-refractivity contribution in [2.45, 2.75) is 76.1 Å². The van der Waals surface area contributed by atoms with Crippen LogP contribution in [-0.2, 0) is 19.8 Å². The average molecular weight is 1700 g/mol. The summed E-state index contributed by atoms with van der Waals surface area (Å²) in [5.41, 5.74) is 6.24. The van der Waals surface area contributed by atoms with Gasteiger partial charge < -0.3 is 71.7 Å². The van der Waals surface area contributed by atoms with E-state index in [1.807, 2.05) is 109 Å². The summed E-state index contributed by atoms with van der Waals surface area (Å²) >= 11 is 38.8. The zero-order chi connectivity index (χ0) is 78.7. The number of aromatic carboxylic acids is 3. The normalized spacial score (nSPS) is 12.8. The van der Waals surface area contributed by atoms with Crippen LogP contribution in [0.25, 0.3) is 66.1 Å². The summed E-state index contributed by atoms with van der Waals surface area (Å²) in [5.74, 6) is 4.20. The molecule has 0 bridgehead atoms. The van der Waals surface area contributed by atoms with Crippen molar-refractivity contribution in [3.05, 3.63) is 300 Å². The van der Waals surface area contributed by atoms with Crippen molar-refractivity contribution in [2.24, 2.45) is 0 Å². The molecule has 0 spiro atoms. The number of aromatic nitrogens is 6. The van der Waals surface area contributed by atoms with Gasteiger partial charge >= 0.3 is 67.3 Å². The van der Waals surface area contributed by atoms with Gasteiger partial charge in [-0.15, -0.1) is 0 Å². The molecule has 21 nitrogen and oxygen atoms in total. The minimum Gasteiger partial charge on any atom is -0.545 e. The molecule has 6 aromatic heterocycles. The van der Waals surface area contributed by atoms with Crippen molar-refractivity contribution >= 4 is 158 Å². The Hall–Kier alpha value is -9.95. The van der Waals surface area contributed by atoms with E-state index in [0.29, 0.717) is 116 Å². The van der Waals surface area contributed by atoms with Crippen LogP contribution in [0.4, 0.5) is 0 Å². The second-order valence-corrected chi connectivity index (χ2v) is 29.4. The first-order valence-electron chi connectivity index (χ1n) is 35.7. The first-order chi connectivity index (χ1) is 55.4. The van der Waals surface area contributed by atoms with Gasteiger partial charge in [0.25, 0.3) is 0 Å². The SMILES string of the molecule is O=C([O-])c1ccc(Oc2ccc3cc(OCc4c(-c5c(Cl)cccc5Cl)noc4C4CC4)ccc3c2)nc1.O=C([O-])c1ccc(Oc2ccc3cc(OCc4c(-c5c(Cl)cccc5Cl)noc4C4CC4)ccc3c2)nc1.O=C([O-])c1ccc(Oc2ccc3cc(OCc4c(-c5c(Cl)cccc5Cl)noc4C4CC4)ccc3c2)nc1.[Ca+2].[Na+]. The average Bonchev–Trinajstić information content (AvgIpc) is 1.63. The summed E-state index contributed by atoms with van der Waals surface area (Å²) in [5, 5.41) is 54.3. The molecule has 0 amide bonds. The number of benzene rings is 9. The van der Waals surface area contributed by atoms with E-state index in [2.05, 4.69) is 30.4 Å². The van der Waals surface area contributed by atoms with E-state index in [1.54, 1.807) is 54.6 Å². The standard InChI is InChI=1S/3C29H20Cl2N2O5.Ca.Na/c3*30-23-2-1-3-24(31)26(23)27-22(28(38-33-27)16-4-5-16)15-36-20-9-6-18-13-21(10-7-17(18)12-20)37-25-11-8-19(14-32-25)29(34)35;;/h3*1-3,6-14,16H,4-5,15H2,(H,34,35);;/q;;;+2;+1/p-3. The molecule has 18 rings (SSSR count). The van der Waals surface area contributed by atoms with E-state index in [1.165, 1.54) is 55.0 Å². The van der Waals surface area contributed by atoms with E-state index < -0.39 is 17.9 Å². The van der Waals surface area contributed by atoms with Crippen LogP contribution in [0.3, 0.4) is 0 Å². The maximum absolute atomic E-state index is 10.9. The molecule has 0 N–H and O–H groups in total. The Morgan fingerprint density at radius 1 is 0.336 bits per heavy atom. The molecule has 116 heavy (non-hydrogen) atoms. The van der Waals surface area contributed by atoms with Gasteiger partial charge in [-0.05, 0) is 198 Å². The van der Waals surface area contributed by atoms with Crippen molar-refractivity contribution in [1.29, 1.82) is 0 Å². The fraction of sp³-hybridized carbons (Fsp3) is 0.138. The number of pyridine rings is 3. The molecule has 3 fully saturated rings. The smallest absolute Gasteiger partial charge is 0.545 e. The topological polar surface area (TPSA) is 293 Å². The first-order valence-corrected chi connectivity index (χ1v) is 38.0. The van der Waals surface area contributed by atoms with Crippen LogP contribution in [0.2, 0.25) is 30.1 Å². The van der Waals surface area contributed by atoms with Crippen molar-refractivity contribution in [2.75, 3.05) is 0 Å². The molecule has 0 aliphatic heterocycles. The minimum absolute atomic E-state index is 0. The monoisotopic (exact) mass is 1700 g/mol. The Bertz CT molecular complexity index is 5530. The third-order valence-corrected chi connectivity index (χ3v) is 20.9. The van der Waals surface area contributed by atoms with Gasteiger partial charge in [0.05, 0.1) is 64.7 Å². The molecular weight excluding hydrogens is 1640 g/mol. The zero-order valence-electron chi connectivity index (χ0n) is 61.2. The number of rotatable bonds is 24. The van der Waals surface area contributed by atoms with Crippen LogP contribution in [0.15, 0.2) is 232 Å². The Morgan fingerprint density at radius 2 is 0.569 bits per heavy atom. The summed E-state index contributed by atoms with van der Waals surface area (Å²) in [6.45, 7) is 0.769. The first kappa shape index (κ1) is 82.6. The molecule has 0 atom stereocenters. The van der Waals surface area contributed by atoms with E-state index in [0.717, 1.165) is 105 Å². The number of fused-ring (bicyclic) bond motifs is 3. The number of hydrogen-bond donors (Lipinski definition) is 0. The number of hydrogen-bond acceptors (Lipinski definition) is 21. The number of ether oxygens (including phenoxy) is 6. The Kier molecular flexibility index (Phi) is 26.1. The van der Waals surface area contributed by atoms with E-state index in [9.17, 15) is 29.7 Å². The molecule has 3 aliphatic rings. The number of carbonyl (C=O) groups is 3. The van der Waals surface area contributed by atoms with Crippen LogP contribution in [0.5, 0.6) is 52.1 Å². The summed E-state index contributed by atoms with van der Waals surface area (Å²) in [4.78, 5) is 44.7. The quantitative estimate of drug-likeness (QED) is 0.0508. The number of carboxylic acid groups (broad SMARTS) is 3. The van der Waals surface area contributed by atoms with Gasteiger partial charge in [-0.3, -0.25) is 0 Å². The number of nitrogens with zero attached hydrogens (tertiary/aromatic N) is 6. The molecule has 3 saturated carbocycles. The van der Waals surface area contributed by atoms with Crippen LogP contribution < -0.4 is 73.3 Å². The number of carboxylic acids is 3. The van der Waals surface area contributed by atoms with Gasteiger partial charge in [0.1, 0.15) is 88.7 Å². The Morgan fingerprint density at radius 3 is 0.784 bits per heavy atom. The Balaban J connectivity index is 0.000000142. The third kappa shape index (κ3) is 19.3. The maximum atomic E-state index is 10.9. The molecule has 9 aromatic carbocycles. The van der Waals surface area contributed by atoms with Crippen LogP contribution in [0, 0.1) is 0 Å². The molecule has 29 heteroatoms. The second kappa shape index (κ2) is 36.7. The summed E-state index contributed by atoms with van der Waals surface area (Å²) in [6.07, 6.45) is 9.90. The molecule has 6 heterocycles. The largest absolute Gasteiger partial charge is 2.00 e. The van der Waals surface area contributed by atoms with Crippen molar-refractivity contribution in [3.63, 3.8) is 0 Å². The summed E-state index contributed by atoms with van der Waals surface area (Å²) in [7, 11) is 0. The van der Waals surface area contributed by atoms with Gasteiger partial charge in [-0.25, -0.2) is 15.0 Å². The minimum atomic E-state index is -1.29. The molecular formula is C87H57CaCl6N6NaO15. The van der Waals surface area contributed by atoms with Gasteiger partial charge in [0, 0.05) is 87.9 Å². The summed E-state index contributed by atoms with van der Waals surface area (Å²) < 4.78 is 53.1. The van der Waals surface area contributed by atoms with Gasteiger partial charge in [0.2, 0.25) is 17.6 Å². The van der Waals surface area contributed by atoms with Gasteiger partial charge in [-0.2, -0.15) is 0 Å². The van der Waals surface area contributed by atoms with Crippen LogP contribution >= 0.6 is 69.6 Å². The number of carbonyl (C=O) groups excluding carboxylic acids is 3. The predicted molar refractivity (Wildman–Crippen MR) is 428 cm³/mol. The van der Waals surface area contributed by atoms with E-state index in [4.69, 9.17) is 112 Å². The second-order valence-electron chi connectivity index (χ2n) is 26.9. The van der Waals surface area contributed by atoms with Crippen molar-refractivity contribution < 1.29 is 101 Å². The third-order valence-electron chi connectivity index (χ3n) is 19.0. The number of halogens is 6. The fourth-order valence-corrected chi connectivity index (χ4v) is 14.5. The molecule has 0 unspecified atom stereocenters. The molecule has 0 saturated heterocycles. The fourth-order valence-electron chi connectivity index (χ4n) is 12.7. The van der Waals surface area contributed by atoms with Gasteiger partial charge in [0.15, 0.2) is 0 Å². The van der Waals surface area contributed by atoms with Crippen molar-refractivity contribution in [1.82, 2.24) is 30.4 Å². The van der Waals surface area contributed by atoms with Crippen molar-refractivity contribution in [3.8, 4) is 85.9 Å². The maximum Gasteiger partial charge on any atom is 2.00 e. The van der Waals surface area contributed by atoms with E-state index in [-0.39, 0.29) is 121 Å². The summed E-state index contributed by atoms with van der Waals surface area (Å²) in [6, 6.07) is 58.7. The Labute approximate surface area is 743 Å². The predicted octanol–water partition coefficient (Wildman–Crippen LogP) is 17.0. The van der Waals surface area contributed by atoms with Crippen LogP contribution in [-0.4, -0.2) is 86.1 Å². The molecule has 3 aliphatic carbocycles. The van der Waals surface area contributed by atoms with Gasteiger partial charge in [-0.1, -0.05) is 140 Å². The molecule has 15 aromatic rings. The van der Waals surface area contributed by atoms with E-state index >= 15 is 0 Å². The molecule has 0 radical (unpaired) electrons.